The van der Waals surface area contributed by atoms with Gasteiger partial charge in [-0.2, -0.15) is 0 Å². The van der Waals surface area contributed by atoms with Crippen LogP contribution in [0, 0.1) is 23.7 Å². The molecule has 64 heavy (non-hydrogen) atoms. The minimum Gasteiger partial charge on any atom is -0.386 e. The molecule has 0 aliphatic carbocycles. The third-order valence-corrected chi connectivity index (χ3v) is 12.8. The van der Waals surface area contributed by atoms with E-state index in [2.05, 4.69) is 31.4 Å². The van der Waals surface area contributed by atoms with E-state index in [1.807, 2.05) is 70.0 Å². The summed E-state index contributed by atoms with van der Waals surface area (Å²) in [7, 11) is 6.82. The van der Waals surface area contributed by atoms with Crippen LogP contribution in [0.1, 0.15) is 106 Å². The average Bonchev–Trinajstić information content (AvgIpc) is 3.76. The molecule has 1 unspecified atom stereocenters. The van der Waals surface area contributed by atoms with Crippen LogP contribution in [0.2, 0.25) is 0 Å². The number of aliphatic hydroxyl groups excluding tert-OH is 1. The van der Waals surface area contributed by atoms with Gasteiger partial charge in [0, 0.05) is 41.0 Å². The van der Waals surface area contributed by atoms with Gasteiger partial charge in [0.05, 0.1) is 100 Å². The fraction of sp³-hybridized carbons (Fsp3) is 0.796. The van der Waals surface area contributed by atoms with E-state index in [1.165, 1.54) is 0 Å². The van der Waals surface area contributed by atoms with Crippen molar-refractivity contribution >= 4 is 23.5 Å². The summed E-state index contributed by atoms with van der Waals surface area (Å²) in [4.78, 5) is 61.7. The van der Waals surface area contributed by atoms with Crippen molar-refractivity contribution in [3.63, 3.8) is 0 Å². The summed E-state index contributed by atoms with van der Waals surface area (Å²) < 4.78 is 28.8. The van der Waals surface area contributed by atoms with E-state index in [-0.39, 0.29) is 66.3 Å². The second kappa shape index (κ2) is 30.3. The lowest BCUT2D eigenvalue weighted by atomic mass is 9.89. The van der Waals surface area contributed by atoms with E-state index in [9.17, 15) is 24.3 Å². The molecular weight excluding hydrogens is 819 g/mol. The molecule has 3 amide bonds. The molecular formula is C49H87N5O10. The lowest BCUT2D eigenvalue weighted by Crippen LogP contribution is -2.58. The molecule has 0 radical (unpaired) electrons. The zero-order valence-electron chi connectivity index (χ0n) is 41.7. The number of amides is 3. The Morgan fingerprint density at radius 1 is 0.844 bits per heavy atom. The highest BCUT2D eigenvalue weighted by Crippen LogP contribution is 2.30. The highest BCUT2D eigenvalue weighted by Gasteiger charge is 2.43. The Bertz CT molecular complexity index is 1490. The van der Waals surface area contributed by atoms with Gasteiger partial charge >= 0.3 is 0 Å². The van der Waals surface area contributed by atoms with Crippen molar-refractivity contribution in [2.45, 2.75) is 143 Å². The summed E-state index contributed by atoms with van der Waals surface area (Å²) in [6.07, 6.45) is 1.08. The number of aliphatic hydroxyl groups is 1. The van der Waals surface area contributed by atoms with Crippen molar-refractivity contribution in [1.82, 2.24) is 25.3 Å². The standard InChI is InChI=1S/C49H87N5O10/c1-14-25-62-27-29-64-30-28-63-26-24-52(10)44(34(5)6)40(55)32-50-43(33(3)4)49(59)53(11)45(35(7)15-2)41(60-12)31-42(56)54-23-19-22-39(54)47(61-13)36(8)48(58)51-37(9)46(57)38-20-17-16-18-21-38/h16-18,20-21,33-37,39,41,43-47,50,57H,14-15,19,22-32H2,1-13H3,(H,51,58)/t35-,36+,37+,39-,41+,43-,44-,45-,46?,47+/m0/s1. The molecule has 15 nitrogen and oxygen atoms in total. The number of ether oxygens (including phenoxy) is 5. The number of benzene rings is 1. The zero-order chi connectivity index (χ0) is 47.9. The SMILES string of the molecule is CCCOCCOCCOCCN(C)[C@H](C(=O)CN[C@H](C(=O)N(C)[C@@H]([C@@H](C)CC)[C@@H](CC(=O)N1CCC[C@H]1[C@H](OC)[C@@H](C)C(=O)N[C@H](C)C(O)c1ccccc1)OC)C(C)C)C(C)C. The van der Waals surface area contributed by atoms with Crippen LogP contribution in [0.5, 0.6) is 0 Å². The second-order valence-electron chi connectivity index (χ2n) is 18.3. The van der Waals surface area contributed by atoms with Crippen LogP contribution < -0.4 is 10.6 Å². The topological polar surface area (TPSA) is 168 Å². The number of Topliss-reactive ketones (excluding diaryl/α,β-unsaturated/α-hetero) is 1. The van der Waals surface area contributed by atoms with Crippen molar-refractivity contribution in [2.24, 2.45) is 23.7 Å². The third-order valence-electron chi connectivity index (χ3n) is 12.8. The minimum absolute atomic E-state index is 0.00604. The van der Waals surface area contributed by atoms with Crippen LogP contribution in [0.4, 0.5) is 0 Å². The van der Waals surface area contributed by atoms with Crippen LogP contribution >= 0.6 is 0 Å². The molecule has 368 valence electrons. The Labute approximate surface area is 386 Å². The first-order valence-corrected chi connectivity index (χ1v) is 23.8. The molecule has 0 saturated carbocycles. The Morgan fingerprint density at radius 3 is 2.00 bits per heavy atom. The number of methoxy groups -OCH3 is 2. The predicted molar refractivity (Wildman–Crippen MR) is 251 cm³/mol. The van der Waals surface area contributed by atoms with Crippen molar-refractivity contribution in [2.75, 3.05) is 87.6 Å². The number of hydrogen-bond donors (Lipinski definition) is 3. The number of rotatable bonds is 33. The lowest BCUT2D eigenvalue weighted by Gasteiger charge is -2.41. The number of carbonyl (C=O) groups is 4. The Kier molecular flexibility index (Phi) is 27.0. The van der Waals surface area contributed by atoms with E-state index < -0.39 is 42.4 Å². The van der Waals surface area contributed by atoms with Crippen LogP contribution in [-0.4, -0.2) is 173 Å². The van der Waals surface area contributed by atoms with E-state index in [0.29, 0.717) is 58.1 Å². The van der Waals surface area contributed by atoms with Crippen LogP contribution in [0.3, 0.4) is 0 Å². The fourth-order valence-electron chi connectivity index (χ4n) is 8.98. The summed E-state index contributed by atoms with van der Waals surface area (Å²) in [5, 5.41) is 17.2. The van der Waals surface area contributed by atoms with Crippen molar-refractivity contribution < 1.29 is 48.0 Å². The molecule has 0 bridgehead atoms. The zero-order valence-corrected chi connectivity index (χ0v) is 41.7. The number of nitrogens with one attached hydrogen (secondary N) is 2. The van der Waals surface area contributed by atoms with Crippen LogP contribution in [0.25, 0.3) is 0 Å². The number of nitrogens with zero attached hydrogens (tertiary/aromatic N) is 3. The molecule has 2 rings (SSSR count). The molecule has 1 aliphatic heterocycles. The first kappa shape index (κ1) is 57.1. The number of ketones is 1. The molecule has 1 aromatic rings. The Hall–Kier alpha value is -3.02. The number of hydrogen-bond acceptors (Lipinski definition) is 12. The highest BCUT2D eigenvalue weighted by molar-refractivity contribution is 5.88. The van der Waals surface area contributed by atoms with Gasteiger partial charge in [-0.1, -0.05) is 92.1 Å². The van der Waals surface area contributed by atoms with Gasteiger partial charge in [0.15, 0.2) is 5.78 Å². The summed E-state index contributed by atoms with van der Waals surface area (Å²) >= 11 is 0. The minimum atomic E-state index is -0.884. The third kappa shape index (κ3) is 17.7. The van der Waals surface area contributed by atoms with Crippen molar-refractivity contribution in [1.29, 1.82) is 0 Å². The molecule has 10 atom stereocenters. The van der Waals surface area contributed by atoms with E-state index in [1.54, 1.807) is 44.9 Å². The average molecular weight is 906 g/mol. The monoisotopic (exact) mass is 906 g/mol. The molecule has 1 heterocycles. The quantitative estimate of drug-likeness (QED) is 0.0831. The molecule has 1 aliphatic rings. The first-order chi connectivity index (χ1) is 30.5. The van der Waals surface area contributed by atoms with E-state index >= 15 is 0 Å². The van der Waals surface area contributed by atoms with Crippen LogP contribution in [-0.2, 0) is 42.9 Å². The largest absolute Gasteiger partial charge is 0.386 e. The fourth-order valence-corrected chi connectivity index (χ4v) is 8.98. The molecule has 3 N–H and O–H groups in total. The first-order valence-electron chi connectivity index (χ1n) is 23.8. The van der Waals surface area contributed by atoms with Crippen molar-refractivity contribution in [3.8, 4) is 0 Å². The molecule has 0 spiro atoms. The summed E-state index contributed by atoms with van der Waals surface area (Å²) in [5.41, 5.74) is 0.708. The Morgan fingerprint density at radius 2 is 1.45 bits per heavy atom. The molecule has 0 aromatic heterocycles. The van der Waals surface area contributed by atoms with Gasteiger partial charge in [-0.15, -0.1) is 0 Å². The van der Waals surface area contributed by atoms with Gasteiger partial charge in [0.2, 0.25) is 17.7 Å². The highest BCUT2D eigenvalue weighted by atomic mass is 16.5. The van der Waals surface area contributed by atoms with E-state index in [4.69, 9.17) is 23.7 Å². The summed E-state index contributed by atoms with van der Waals surface area (Å²) in [5.74, 6) is -1.31. The molecule has 1 aromatic carbocycles. The lowest BCUT2D eigenvalue weighted by molar-refractivity contribution is -0.147. The summed E-state index contributed by atoms with van der Waals surface area (Å²) in [6, 6.07) is 6.83. The van der Waals surface area contributed by atoms with Gasteiger partial charge in [-0.3, -0.25) is 29.4 Å². The van der Waals surface area contributed by atoms with Crippen molar-refractivity contribution in [3.05, 3.63) is 35.9 Å². The van der Waals surface area contributed by atoms with Gasteiger partial charge in [0.1, 0.15) is 0 Å². The van der Waals surface area contributed by atoms with Gasteiger partial charge < -0.3 is 43.9 Å². The number of likely N-dealkylation sites (tertiary alicyclic amines) is 1. The molecule has 1 fully saturated rings. The summed E-state index contributed by atoms with van der Waals surface area (Å²) in [6.45, 7) is 22.0. The maximum atomic E-state index is 14.5. The number of carbonyl (C=O) groups excluding carboxylic acids is 4. The van der Waals surface area contributed by atoms with Gasteiger partial charge in [0.25, 0.3) is 0 Å². The predicted octanol–water partition coefficient (Wildman–Crippen LogP) is 4.74. The number of likely N-dealkylation sites (N-methyl/N-ethyl adjacent to an activating group) is 2. The molecule has 15 heteroatoms. The van der Waals surface area contributed by atoms with Gasteiger partial charge in [-0.05, 0) is 56.6 Å². The van der Waals surface area contributed by atoms with E-state index in [0.717, 1.165) is 25.9 Å². The maximum absolute atomic E-state index is 14.5. The normalized spacial score (nSPS) is 18.6. The van der Waals surface area contributed by atoms with Gasteiger partial charge in [-0.25, -0.2) is 0 Å². The smallest absolute Gasteiger partial charge is 0.240 e. The Balaban J connectivity index is 2.11. The maximum Gasteiger partial charge on any atom is 0.240 e. The molecule has 1 saturated heterocycles. The van der Waals surface area contributed by atoms with Crippen LogP contribution in [0.15, 0.2) is 30.3 Å². The second-order valence-corrected chi connectivity index (χ2v) is 18.3.